The topological polar surface area (TPSA) is 139 Å². The Morgan fingerprint density at radius 3 is 2.85 bits per heavy atom. The van der Waals surface area contributed by atoms with Crippen molar-refractivity contribution in [1.82, 2.24) is 45.1 Å². The smallest absolute Gasteiger partial charge is 0.336 e. The van der Waals surface area contributed by atoms with E-state index in [1.807, 2.05) is 6.07 Å². The number of rotatable bonds is 2. The van der Waals surface area contributed by atoms with Crippen LogP contribution >= 0.6 is 0 Å². The molecule has 0 amide bonds. The molecular weight excluding hydrogens is 348 g/mol. The molecule has 0 unspecified atom stereocenters. The lowest BCUT2D eigenvalue weighted by Crippen LogP contribution is -2.33. The minimum absolute atomic E-state index is 0.358. The summed E-state index contributed by atoms with van der Waals surface area (Å²) in [6.07, 6.45) is 9.97. The van der Waals surface area contributed by atoms with Gasteiger partial charge >= 0.3 is 11.5 Å². The Morgan fingerprint density at radius 2 is 1.89 bits per heavy atom. The van der Waals surface area contributed by atoms with Crippen molar-refractivity contribution < 1.29 is 9.20 Å². The number of H-pyrrole nitrogens is 2. The van der Waals surface area contributed by atoms with Crippen LogP contribution in [0.1, 0.15) is 0 Å². The van der Waals surface area contributed by atoms with Crippen LogP contribution in [0.3, 0.4) is 0 Å². The first kappa shape index (κ1) is 13.9. The largest absolute Gasteiger partial charge is 0.383 e. The molecular formula is C16H9N10O+. The highest BCUT2D eigenvalue weighted by molar-refractivity contribution is 5.78. The Labute approximate surface area is 149 Å². The quantitative estimate of drug-likeness (QED) is 0.439. The highest BCUT2D eigenvalue weighted by atomic mass is 16.5. The number of hydrogen-bond acceptors (Lipinski definition) is 8. The van der Waals surface area contributed by atoms with Crippen LogP contribution in [-0.2, 0) is 0 Å². The molecule has 6 heterocycles. The number of nitrogens with zero attached hydrogens (tertiary/aromatic N) is 8. The van der Waals surface area contributed by atoms with Crippen LogP contribution < -0.4 is 4.68 Å². The van der Waals surface area contributed by atoms with Gasteiger partial charge in [-0.3, -0.25) is 4.98 Å². The van der Waals surface area contributed by atoms with Crippen molar-refractivity contribution in [3.63, 3.8) is 0 Å². The fourth-order valence-electron chi connectivity index (χ4n) is 2.83. The number of aromatic amines is 2. The Morgan fingerprint density at radius 1 is 0.926 bits per heavy atom. The number of aromatic nitrogens is 10. The van der Waals surface area contributed by atoms with Gasteiger partial charge in [-0.05, 0) is 6.07 Å². The third-order valence-electron chi connectivity index (χ3n) is 4.12. The normalized spacial score (nSPS) is 11.7. The summed E-state index contributed by atoms with van der Waals surface area (Å²) in [6, 6.07) is 1.86. The summed E-state index contributed by atoms with van der Waals surface area (Å²) >= 11 is 0. The molecule has 6 aromatic rings. The third-order valence-corrected chi connectivity index (χ3v) is 4.12. The summed E-state index contributed by atoms with van der Waals surface area (Å²) in [5.41, 5.74) is 4.49. The van der Waals surface area contributed by atoms with Crippen molar-refractivity contribution in [3.05, 3.63) is 43.2 Å². The average molecular weight is 357 g/mol. The van der Waals surface area contributed by atoms with E-state index in [-0.39, 0.29) is 0 Å². The SMILES string of the molecule is c1cc2[nH]c(-c3cnc4c[n+](-c5cnc6cnoc6n5)[nH]c4n3)nc2cn1. The lowest BCUT2D eigenvalue weighted by atomic mass is 10.4. The van der Waals surface area contributed by atoms with Gasteiger partial charge in [0.15, 0.2) is 22.5 Å². The van der Waals surface area contributed by atoms with Crippen LogP contribution in [-0.4, -0.2) is 45.1 Å². The first-order chi connectivity index (χ1) is 13.3. The Bertz CT molecular complexity index is 1410. The van der Waals surface area contributed by atoms with Crippen LogP contribution in [0.4, 0.5) is 0 Å². The summed E-state index contributed by atoms with van der Waals surface area (Å²) in [4.78, 5) is 29.5. The molecule has 6 aromatic heterocycles. The standard InChI is InChI=1S/C16H8N10O/c1-2-17-3-9-8(1)21-14(22-9)10-4-18-12-7-26(25-15(12)23-10)13-6-19-11-5-20-27-16(11)24-13/h1-7H,(H,17,21,22,23,25)/p+1. The maximum atomic E-state index is 5.06. The Balaban J connectivity index is 1.46. The van der Waals surface area contributed by atoms with Gasteiger partial charge in [-0.1, -0.05) is 5.16 Å². The second-order valence-corrected chi connectivity index (χ2v) is 5.82. The van der Waals surface area contributed by atoms with Crippen molar-refractivity contribution >= 4 is 33.4 Å². The average Bonchev–Trinajstić information content (AvgIpc) is 3.42. The number of imidazole rings is 1. The number of pyridine rings is 1. The zero-order chi connectivity index (χ0) is 17.8. The Kier molecular flexibility index (Phi) is 2.64. The van der Waals surface area contributed by atoms with Crippen LogP contribution in [0.15, 0.2) is 47.8 Å². The van der Waals surface area contributed by atoms with E-state index in [9.17, 15) is 0 Å². The summed E-state index contributed by atoms with van der Waals surface area (Å²) < 4.78 is 6.73. The van der Waals surface area contributed by atoms with Gasteiger partial charge in [0.1, 0.15) is 29.8 Å². The molecule has 11 nitrogen and oxygen atoms in total. The van der Waals surface area contributed by atoms with Crippen LogP contribution in [0, 0.1) is 0 Å². The first-order valence-corrected chi connectivity index (χ1v) is 7.99. The molecule has 0 saturated carbocycles. The predicted octanol–water partition coefficient (Wildman–Crippen LogP) is 1.10. The van der Waals surface area contributed by atoms with Crippen LogP contribution in [0.5, 0.6) is 0 Å². The van der Waals surface area contributed by atoms with E-state index in [1.165, 1.54) is 6.20 Å². The highest BCUT2D eigenvalue weighted by Gasteiger charge is 2.18. The summed E-state index contributed by atoms with van der Waals surface area (Å²) in [6.45, 7) is 0. The van der Waals surface area contributed by atoms with Gasteiger partial charge in [0.25, 0.3) is 0 Å². The molecule has 0 aliphatic carbocycles. The number of hydrogen-bond donors (Lipinski definition) is 2. The zero-order valence-corrected chi connectivity index (χ0v) is 13.5. The number of fused-ring (bicyclic) bond motifs is 3. The van der Waals surface area contributed by atoms with E-state index in [4.69, 9.17) is 4.52 Å². The first-order valence-electron chi connectivity index (χ1n) is 7.99. The summed E-state index contributed by atoms with van der Waals surface area (Å²) in [5.74, 6) is 1.16. The fraction of sp³-hybridized carbons (Fsp3) is 0. The predicted molar refractivity (Wildman–Crippen MR) is 91.5 cm³/mol. The van der Waals surface area contributed by atoms with Gasteiger partial charge < -0.3 is 9.51 Å². The van der Waals surface area contributed by atoms with Crippen LogP contribution in [0.2, 0.25) is 0 Å². The lowest BCUT2D eigenvalue weighted by molar-refractivity contribution is -0.656. The molecule has 11 heteroatoms. The van der Waals surface area contributed by atoms with Crippen molar-refractivity contribution in [2.24, 2.45) is 0 Å². The van der Waals surface area contributed by atoms with Crippen molar-refractivity contribution in [1.29, 1.82) is 0 Å². The van der Waals surface area contributed by atoms with Gasteiger partial charge in [0, 0.05) is 11.2 Å². The molecule has 0 saturated heterocycles. The van der Waals surface area contributed by atoms with E-state index in [2.05, 4.69) is 45.1 Å². The van der Waals surface area contributed by atoms with E-state index in [0.29, 0.717) is 39.7 Å². The highest BCUT2D eigenvalue weighted by Crippen LogP contribution is 2.18. The molecule has 0 spiro atoms. The molecule has 0 radical (unpaired) electrons. The Hall–Kier alpha value is -4.28. The van der Waals surface area contributed by atoms with E-state index < -0.39 is 0 Å². The molecule has 0 aliphatic rings. The number of nitrogens with one attached hydrogen (secondary N) is 2. The zero-order valence-electron chi connectivity index (χ0n) is 13.5. The van der Waals surface area contributed by atoms with Gasteiger partial charge in [0.2, 0.25) is 0 Å². The fourth-order valence-corrected chi connectivity index (χ4v) is 2.83. The van der Waals surface area contributed by atoms with Gasteiger partial charge in [-0.25, -0.2) is 25.0 Å². The molecule has 6 rings (SSSR count). The maximum absolute atomic E-state index is 5.06. The van der Waals surface area contributed by atoms with Gasteiger partial charge in [-0.2, -0.15) is 0 Å². The second-order valence-electron chi connectivity index (χ2n) is 5.82. The van der Waals surface area contributed by atoms with Crippen molar-refractivity contribution in [2.45, 2.75) is 0 Å². The van der Waals surface area contributed by atoms with E-state index >= 15 is 0 Å². The summed E-state index contributed by atoms with van der Waals surface area (Å²) in [5, 5.41) is 6.82. The molecule has 2 N–H and O–H groups in total. The molecule has 0 aliphatic heterocycles. The third kappa shape index (κ3) is 2.15. The van der Waals surface area contributed by atoms with E-state index in [0.717, 1.165) is 11.0 Å². The van der Waals surface area contributed by atoms with Crippen molar-refractivity contribution in [3.8, 4) is 17.3 Å². The molecule has 128 valence electrons. The summed E-state index contributed by atoms with van der Waals surface area (Å²) in [7, 11) is 0. The van der Waals surface area contributed by atoms with Crippen molar-refractivity contribution in [2.75, 3.05) is 0 Å². The van der Waals surface area contributed by atoms with Crippen LogP contribution in [0.25, 0.3) is 50.8 Å². The molecule has 27 heavy (non-hydrogen) atoms. The lowest BCUT2D eigenvalue weighted by Gasteiger charge is -1.93. The van der Waals surface area contributed by atoms with E-state index in [1.54, 1.807) is 35.7 Å². The molecule has 0 aromatic carbocycles. The van der Waals surface area contributed by atoms with Gasteiger partial charge in [0.05, 0.1) is 17.9 Å². The molecule has 0 bridgehead atoms. The monoisotopic (exact) mass is 357 g/mol. The maximum Gasteiger partial charge on any atom is 0.383 e. The minimum atomic E-state index is 0.358. The minimum Gasteiger partial charge on any atom is -0.336 e. The molecule has 0 fully saturated rings. The second kappa shape index (κ2) is 5.11. The van der Waals surface area contributed by atoms with Gasteiger partial charge in [-0.15, -0.1) is 4.68 Å². The molecule has 0 atom stereocenters.